The van der Waals surface area contributed by atoms with Gasteiger partial charge in [0, 0.05) is 18.3 Å². The monoisotopic (exact) mass is 243 g/mol. The number of nitrogens with one attached hydrogen (secondary N) is 1. The molecule has 1 unspecified atom stereocenters. The molecule has 0 amide bonds. The van der Waals surface area contributed by atoms with Gasteiger partial charge in [0.2, 0.25) is 0 Å². The van der Waals surface area contributed by atoms with Crippen LogP contribution in [0.4, 0.5) is 18.9 Å². The van der Waals surface area contributed by atoms with Gasteiger partial charge in [-0.1, -0.05) is 0 Å². The fourth-order valence-corrected chi connectivity index (χ4v) is 1.27. The Hall–Kier alpha value is -1.74. The van der Waals surface area contributed by atoms with Gasteiger partial charge in [-0.2, -0.15) is 18.4 Å². The Morgan fingerprint density at radius 1 is 1.47 bits per heavy atom. The Balaban J connectivity index is 2.98. The van der Waals surface area contributed by atoms with Gasteiger partial charge in [-0.05, 0) is 25.1 Å². The molecule has 0 aliphatic carbocycles. The average molecular weight is 243 g/mol. The van der Waals surface area contributed by atoms with Crippen molar-refractivity contribution in [1.82, 2.24) is 0 Å². The lowest BCUT2D eigenvalue weighted by Gasteiger charge is -2.12. The van der Waals surface area contributed by atoms with Crippen LogP contribution in [0.1, 0.15) is 18.1 Å². The van der Waals surface area contributed by atoms with Crippen LogP contribution in [0.3, 0.4) is 0 Å². The van der Waals surface area contributed by atoms with Crippen LogP contribution in [0.2, 0.25) is 0 Å². The quantitative estimate of drug-likeness (QED) is 0.856. The molecule has 1 aromatic carbocycles. The summed E-state index contributed by atoms with van der Waals surface area (Å²) in [7, 11) is 0. The Kier molecular flexibility index (Phi) is 3.97. The molecule has 0 aliphatic heterocycles. The first-order valence-electron chi connectivity index (χ1n) is 4.95. The highest BCUT2D eigenvalue weighted by molar-refractivity contribution is 5.53. The summed E-state index contributed by atoms with van der Waals surface area (Å²) in [5.74, 6) is 0. The van der Waals surface area contributed by atoms with E-state index in [2.05, 4.69) is 5.32 Å². The van der Waals surface area contributed by atoms with E-state index in [-0.39, 0.29) is 6.04 Å². The summed E-state index contributed by atoms with van der Waals surface area (Å²) in [5, 5.41) is 11.5. The van der Waals surface area contributed by atoms with Crippen LogP contribution in [0.5, 0.6) is 0 Å². The molecule has 1 atom stereocenters. The summed E-state index contributed by atoms with van der Waals surface area (Å²) in [6.07, 6.45) is -4.51. The molecule has 0 spiro atoms. The molecule has 0 bridgehead atoms. The number of alkyl halides is 3. The van der Waals surface area contributed by atoms with Crippen molar-refractivity contribution < 1.29 is 13.2 Å². The second-order valence-corrected chi connectivity index (χ2v) is 3.73. The van der Waals surface area contributed by atoms with E-state index in [0.717, 1.165) is 6.07 Å². The molecule has 1 aromatic rings. The minimum atomic E-state index is -4.51. The van der Waals surface area contributed by atoms with Crippen LogP contribution >= 0.6 is 0 Å². The largest absolute Gasteiger partial charge is 0.417 e. The third-order valence-electron chi connectivity index (χ3n) is 2.07. The van der Waals surface area contributed by atoms with Crippen molar-refractivity contribution in [3.05, 3.63) is 29.3 Å². The predicted molar refractivity (Wildman–Crippen MR) is 58.3 cm³/mol. The van der Waals surface area contributed by atoms with Crippen molar-refractivity contribution in [2.24, 2.45) is 5.73 Å². The van der Waals surface area contributed by atoms with Crippen LogP contribution in [0.25, 0.3) is 0 Å². The number of halogens is 3. The number of rotatable bonds is 3. The number of hydrogen-bond donors (Lipinski definition) is 2. The zero-order valence-electron chi connectivity index (χ0n) is 9.17. The first-order valence-corrected chi connectivity index (χ1v) is 4.95. The van der Waals surface area contributed by atoms with Crippen LogP contribution in [-0.4, -0.2) is 12.6 Å². The lowest BCUT2D eigenvalue weighted by molar-refractivity contribution is -0.137. The normalized spacial score (nSPS) is 12.9. The maximum atomic E-state index is 12.5. The number of nitrogens with zero attached hydrogens (tertiary/aromatic N) is 1. The number of anilines is 1. The van der Waals surface area contributed by atoms with E-state index in [1.54, 1.807) is 6.92 Å². The maximum Gasteiger partial charge on any atom is 0.417 e. The summed E-state index contributed by atoms with van der Waals surface area (Å²) in [5.41, 5.74) is 4.63. The second-order valence-electron chi connectivity index (χ2n) is 3.73. The van der Waals surface area contributed by atoms with Gasteiger partial charge in [-0.25, -0.2) is 0 Å². The number of nitriles is 1. The minimum absolute atomic E-state index is 0.122. The molecule has 1 rings (SSSR count). The summed E-state index contributed by atoms with van der Waals surface area (Å²) in [6.45, 7) is 2.19. The topological polar surface area (TPSA) is 61.8 Å². The number of nitrogens with two attached hydrogens (primary N) is 1. The van der Waals surface area contributed by atoms with Gasteiger partial charge in [0.05, 0.1) is 17.2 Å². The van der Waals surface area contributed by atoms with E-state index in [0.29, 0.717) is 12.2 Å². The van der Waals surface area contributed by atoms with Crippen LogP contribution in [-0.2, 0) is 6.18 Å². The summed E-state index contributed by atoms with van der Waals surface area (Å²) >= 11 is 0. The molecule has 0 radical (unpaired) electrons. The highest BCUT2D eigenvalue weighted by Crippen LogP contribution is 2.32. The van der Waals surface area contributed by atoms with Crippen molar-refractivity contribution in [1.29, 1.82) is 5.26 Å². The molecule has 0 aliphatic rings. The Labute approximate surface area is 97.0 Å². The lowest BCUT2D eigenvalue weighted by Crippen LogP contribution is -2.25. The van der Waals surface area contributed by atoms with Gasteiger partial charge >= 0.3 is 6.18 Å². The van der Waals surface area contributed by atoms with Gasteiger partial charge in [0.25, 0.3) is 0 Å². The highest BCUT2D eigenvalue weighted by Gasteiger charge is 2.33. The van der Waals surface area contributed by atoms with Gasteiger partial charge in [0.1, 0.15) is 0 Å². The zero-order valence-corrected chi connectivity index (χ0v) is 9.17. The molecule has 6 heteroatoms. The van der Waals surface area contributed by atoms with E-state index in [9.17, 15) is 13.2 Å². The molecule has 92 valence electrons. The second kappa shape index (κ2) is 5.06. The Bertz CT molecular complexity index is 433. The zero-order chi connectivity index (χ0) is 13.1. The molecule has 0 fully saturated rings. The van der Waals surface area contributed by atoms with Crippen molar-refractivity contribution in [2.45, 2.75) is 19.1 Å². The van der Waals surface area contributed by atoms with E-state index in [4.69, 9.17) is 11.0 Å². The maximum absolute atomic E-state index is 12.5. The van der Waals surface area contributed by atoms with Crippen molar-refractivity contribution in [2.75, 3.05) is 11.9 Å². The Morgan fingerprint density at radius 3 is 2.59 bits per heavy atom. The van der Waals surface area contributed by atoms with E-state index in [1.807, 2.05) is 0 Å². The third kappa shape index (κ3) is 3.64. The summed E-state index contributed by atoms with van der Waals surface area (Å²) < 4.78 is 37.5. The fraction of sp³-hybridized carbons (Fsp3) is 0.364. The third-order valence-corrected chi connectivity index (χ3v) is 2.07. The summed E-state index contributed by atoms with van der Waals surface area (Å²) in [6, 6.07) is 4.76. The average Bonchev–Trinajstić information content (AvgIpc) is 2.24. The van der Waals surface area contributed by atoms with Gasteiger partial charge in [0.15, 0.2) is 0 Å². The molecular weight excluding hydrogens is 231 g/mol. The molecule has 3 N–H and O–H groups in total. The van der Waals surface area contributed by atoms with Gasteiger partial charge < -0.3 is 11.1 Å². The van der Waals surface area contributed by atoms with Gasteiger partial charge in [-0.3, -0.25) is 0 Å². The van der Waals surface area contributed by atoms with Crippen LogP contribution in [0.15, 0.2) is 18.2 Å². The fourth-order valence-electron chi connectivity index (χ4n) is 1.27. The first kappa shape index (κ1) is 13.3. The number of benzene rings is 1. The van der Waals surface area contributed by atoms with Gasteiger partial charge in [-0.15, -0.1) is 0 Å². The molecule has 3 nitrogen and oxygen atoms in total. The summed E-state index contributed by atoms with van der Waals surface area (Å²) in [4.78, 5) is 0. The molecular formula is C11H12F3N3. The molecule has 17 heavy (non-hydrogen) atoms. The minimum Gasteiger partial charge on any atom is -0.383 e. The molecule has 0 heterocycles. The molecule has 0 saturated heterocycles. The molecule has 0 aromatic heterocycles. The van der Waals surface area contributed by atoms with E-state index < -0.39 is 17.3 Å². The SMILES string of the molecule is CC(N)CNc1ccc(C(F)(F)F)c(C#N)c1. The van der Waals surface area contributed by atoms with Crippen molar-refractivity contribution >= 4 is 5.69 Å². The smallest absolute Gasteiger partial charge is 0.383 e. The van der Waals surface area contributed by atoms with E-state index in [1.165, 1.54) is 18.2 Å². The van der Waals surface area contributed by atoms with Crippen LogP contribution < -0.4 is 11.1 Å². The predicted octanol–water partition coefficient (Wildman–Crippen LogP) is 2.34. The standard InChI is InChI=1S/C11H12F3N3/c1-7(16)6-17-9-2-3-10(11(12,13)14)8(4-9)5-15/h2-4,7,17H,6,16H2,1H3. The lowest BCUT2D eigenvalue weighted by atomic mass is 10.1. The first-order chi connectivity index (χ1) is 7.84. The van der Waals surface area contributed by atoms with Crippen molar-refractivity contribution in [3.8, 4) is 6.07 Å². The number of hydrogen-bond acceptors (Lipinski definition) is 3. The molecule has 0 saturated carbocycles. The van der Waals surface area contributed by atoms with Crippen LogP contribution in [0, 0.1) is 11.3 Å². The van der Waals surface area contributed by atoms with Crippen molar-refractivity contribution in [3.63, 3.8) is 0 Å². The highest BCUT2D eigenvalue weighted by atomic mass is 19.4. The Morgan fingerprint density at radius 2 is 2.12 bits per heavy atom. The van der Waals surface area contributed by atoms with E-state index >= 15 is 0 Å².